The van der Waals surface area contributed by atoms with Gasteiger partial charge >= 0.3 is 0 Å². The SMILES string of the molecule is CNc1ncccc1C(=O)N1CCN(Cc2ccc3c(c2)OCO3)CC1. The Morgan fingerprint density at radius 1 is 1.15 bits per heavy atom. The van der Waals surface area contributed by atoms with Crippen LogP contribution in [0.1, 0.15) is 15.9 Å². The van der Waals surface area contributed by atoms with E-state index in [2.05, 4.69) is 21.3 Å². The van der Waals surface area contributed by atoms with Gasteiger partial charge in [-0.05, 0) is 29.8 Å². The minimum atomic E-state index is 0.0326. The summed E-state index contributed by atoms with van der Waals surface area (Å²) in [7, 11) is 1.78. The molecule has 0 aliphatic carbocycles. The second-order valence-corrected chi connectivity index (χ2v) is 6.41. The smallest absolute Gasteiger partial charge is 0.257 e. The summed E-state index contributed by atoms with van der Waals surface area (Å²) < 4.78 is 10.8. The topological polar surface area (TPSA) is 66.9 Å². The molecule has 2 aromatic rings. The summed E-state index contributed by atoms with van der Waals surface area (Å²) in [5.74, 6) is 2.28. The van der Waals surface area contributed by atoms with Crippen LogP contribution in [-0.2, 0) is 6.54 Å². The monoisotopic (exact) mass is 354 g/mol. The van der Waals surface area contributed by atoms with Crippen LogP contribution >= 0.6 is 0 Å². The van der Waals surface area contributed by atoms with E-state index in [1.807, 2.05) is 23.1 Å². The molecule has 7 heteroatoms. The van der Waals surface area contributed by atoms with Crippen LogP contribution < -0.4 is 14.8 Å². The Labute approximate surface area is 152 Å². The standard InChI is InChI=1S/C19H22N4O3/c1-20-18-15(3-2-6-21-18)19(24)23-9-7-22(8-10-23)12-14-4-5-16-17(11-14)26-13-25-16/h2-6,11H,7-10,12-13H2,1H3,(H,20,21). The number of piperazine rings is 1. The predicted molar refractivity (Wildman–Crippen MR) is 97.5 cm³/mol. The van der Waals surface area contributed by atoms with E-state index < -0.39 is 0 Å². The van der Waals surface area contributed by atoms with E-state index in [4.69, 9.17) is 9.47 Å². The average Bonchev–Trinajstić information content (AvgIpc) is 3.16. The number of benzene rings is 1. The minimum absolute atomic E-state index is 0.0326. The number of rotatable bonds is 4. The van der Waals surface area contributed by atoms with Gasteiger partial charge < -0.3 is 19.7 Å². The highest BCUT2D eigenvalue weighted by Gasteiger charge is 2.24. The Hall–Kier alpha value is -2.80. The molecule has 1 aromatic heterocycles. The molecule has 136 valence electrons. The number of pyridine rings is 1. The van der Waals surface area contributed by atoms with E-state index in [9.17, 15) is 4.79 Å². The molecule has 1 aromatic carbocycles. The van der Waals surface area contributed by atoms with Crippen LogP contribution in [0.4, 0.5) is 5.82 Å². The first kappa shape index (κ1) is 16.7. The molecule has 0 radical (unpaired) electrons. The van der Waals surface area contributed by atoms with Crippen molar-refractivity contribution in [1.29, 1.82) is 0 Å². The summed E-state index contributed by atoms with van der Waals surface area (Å²) >= 11 is 0. The molecule has 4 rings (SSSR count). The van der Waals surface area contributed by atoms with Crippen LogP contribution in [0.15, 0.2) is 36.5 Å². The van der Waals surface area contributed by atoms with E-state index in [-0.39, 0.29) is 5.91 Å². The Balaban J connectivity index is 1.36. The lowest BCUT2D eigenvalue weighted by Gasteiger charge is -2.35. The molecule has 7 nitrogen and oxygen atoms in total. The first-order valence-corrected chi connectivity index (χ1v) is 8.77. The molecule has 0 bridgehead atoms. The highest BCUT2D eigenvalue weighted by molar-refractivity contribution is 5.98. The summed E-state index contributed by atoms with van der Waals surface area (Å²) in [5, 5.41) is 2.99. The fourth-order valence-corrected chi connectivity index (χ4v) is 3.35. The molecule has 3 heterocycles. The summed E-state index contributed by atoms with van der Waals surface area (Å²) in [5.41, 5.74) is 1.82. The van der Waals surface area contributed by atoms with Crippen LogP contribution in [0.25, 0.3) is 0 Å². The third-order valence-electron chi connectivity index (χ3n) is 4.78. The average molecular weight is 354 g/mol. The molecule has 1 N–H and O–H groups in total. The molecule has 1 saturated heterocycles. The van der Waals surface area contributed by atoms with Crippen molar-refractivity contribution in [3.8, 4) is 11.5 Å². The Bertz CT molecular complexity index is 803. The molecule has 0 unspecified atom stereocenters. The zero-order valence-electron chi connectivity index (χ0n) is 14.8. The van der Waals surface area contributed by atoms with Crippen LogP contribution in [0, 0.1) is 0 Å². The van der Waals surface area contributed by atoms with Gasteiger partial charge in [-0.1, -0.05) is 6.07 Å². The Kier molecular flexibility index (Phi) is 4.62. The van der Waals surface area contributed by atoms with Crippen molar-refractivity contribution in [2.45, 2.75) is 6.54 Å². The third kappa shape index (κ3) is 3.30. The molecule has 0 saturated carbocycles. The normalized spacial score (nSPS) is 16.6. The lowest BCUT2D eigenvalue weighted by molar-refractivity contribution is 0.0629. The number of carbonyl (C=O) groups is 1. The van der Waals surface area contributed by atoms with Crippen LogP contribution in [0.5, 0.6) is 11.5 Å². The predicted octanol–water partition coefficient (Wildman–Crippen LogP) is 1.81. The minimum Gasteiger partial charge on any atom is -0.454 e. The molecule has 2 aliphatic heterocycles. The molecule has 1 fully saturated rings. The lowest BCUT2D eigenvalue weighted by atomic mass is 10.1. The van der Waals surface area contributed by atoms with E-state index in [1.165, 1.54) is 5.56 Å². The van der Waals surface area contributed by atoms with Gasteiger partial charge in [0.15, 0.2) is 11.5 Å². The van der Waals surface area contributed by atoms with Crippen molar-refractivity contribution in [2.24, 2.45) is 0 Å². The van der Waals surface area contributed by atoms with Crippen molar-refractivity contribution in [2.75, 3.05) is 45.3 Å². The molecule has 0 atom stereocenters. The third-order valence-corrected chi connectivity index (χ3v) is 4.78. The van der Waals surface area contributed by atoms with Gasteiger partial charge in [0.05, 0.1) is 5.56 Å². The van der Waals surface area contributed by atoms with E-state index in [1.54, 1.807) is 19.3 Å². The van der Waals surface area contributed by atoms with Crippen LogP contribution in [-0.4, -0.2) is 60.7 Å². The number of hydrogen-bond donors (Lipinski definition) is 1. The molecular weight excluding hydrogens is 332 g/mol. The van der Waals surface area contributed by atoms with Gasteiger partial charge in [0.1, 0.15) is 5.82 Å². The maximum Gasteiger partial charge on any atom is 0.257 e. The van der Waals surface area contributed by atoms with Gasteiger partial charge in [-0.3, -0.25) is 9.69 Å². The summed E-state index contributed by atoms with van der Waals surface area (Å²) in [6.07, 6.45) is 1.69. The second-order valence-electron chi connectivity index (χ2n) is 6.41. The van der Waals surface area contributed by atoms with Gasteiger partial charge in [0.2, 0.25) is 6.79 Å². The first-order valence-electron chi connectivity index (χ1n) is 8.77. The number of fused-ring (bicyclic) bond motifs is 1. The van der Waals surface area contributed by atoms with Crippen molar-refractivity contribution >= 4 is 11.7 Å². The van der Waals surface area contributed by atoms with Gasteiger partial charge in [0, 0.05) is 46.0 Å². The zero-order chi connectivity index (χ0) is 17.9. The van der Waals surface area contributed by atoms with Crippen molar-refractivity contribution < 1.29 is 14.3 Å². The quantitative estimate of drug-likeness (QED) is 0.903. The summed E-state index contributed by atoms with van der Waals surface area (Å²) in [6, 6.07) is 9.68. The zero-order valence-corrected chi connectivity index (χ0v) is 14.8. The maximum absolute atomic E-state index is 12.8. The second kappa shape index (κ2) is 7.21. The molecular formula is C19H22N4O3. The molecule has 2 aliphatic rings. The number of hydrogen-bond acceptors (Lipinski definition) is 6. The Morgan fingerprint density at radius 2 is 1.96 bits per heavy atom. The van der Waals surface area contributed by atoms with E-state index >= 15 is 0 Å². The number of nitrogens with one attached hydrogen (secondary N) is 1. The molecule has 0 spiro atoms. The molecule has 1 amide bonds. The van der Waals surface area contributed by atoms with Crippen molar-refractivity contribution in [3.05, 3.63) is 47.7 Å². The highest BCUT2D eigenvalue weighted by Crippen LogP contribution is 2.32. The number of amides is 1. The molecule has 26 heavy (non-hydrogen) atoms. The number of aromatic nitrogens is 1. The fraction of sp³-hybridized carbons (Fsp3) is 0.368. The Morgan fingerprint density at radius 3 is 2.77 bits per heavy atom. The number of carbonyl (C=O) groups excluding carboxylic acids is 1. The lowest BCUT2D eigenvalue weighted by Crippen LogP contribution is -2.48. The number of ether oxygens (including phenoxy) is 2. The van der Waals surface area contributed by atoms with E-state index in [0.717, 1.165) is 31.1 Å². The number of nitrogens with zero attached hydrogens (tertiary/aromatic N) is 3. The van der Waals surface area contributed by atoms with Crippen LogP contribution in [0.3, 0.4) is 0 Å². The van der Waals surface area contributed by atoms with Crippen molar-refractivity contribution in [3.63, 3.8) is 0 Å². The van der Waals surface area contributed by atoms with Gasteiger partial charge in [0.25, 0.3) is 5.91 Å². The fourth-order valence-electron chi connectivity index (χ4n) is 3.35. The van der Waals surface area contributed by atoms with Gasteiger partial charge in [-0.15, -0.1) is 0 Å². The first-order chi connectivity index (χ1) is 12.7. The van der Waals surface area contributed by atoms with Gasteiger partial charge in [-0.25, -0.2) is 4.98 Å². The number of anilines is 1. The maximum atomic E-state index is 12.8. The van der Waals surface area contributed by atoms with Gasteiger partial charge in [-0.2, -0.15) is 0 Å². The summed E-state index contributed by atoms with van der Waals surface area (Å²) in [6.45, 7) is 4.24. The highest BCUT2D eigenvalue weighted by atomic mass is 16.7. The summed E-state index contributed by atoms with van der Waals surface area (Å²) in [4.78, 5) is 21.2. The van der Waals surface area contributed by atoms with E-state index in [0.29, 0.717) is 31.3 Å². The van der Waals surface area contributed by atoms with Crippen LogP contribution in [0.2, 0.25) is 0 Å². The largest absolute Gasteiger partial charge is 0.454 e. The van der Waals surface area contributed by atoms with Crippen molar-refractivity contribution in [1.82, 2.24) is 14.8 Å².